The summed E-state index contributed by atoms with van der Waals surface area (Å²) in [7, 11) is -2.02. The lowest BCUT2D eigenvalue weighted by Gasteiger charge is -2.33. The number of aromatic nitrogens is 2. The lowest BCUT2D eigenvalue weighted by atomic mass is 10.2. The predicted octanol–water partition coefficient (Wildman–Crippen LogP) is 4.05. The van der Waals surface area contributed by atoms with Gasteiger partial charge in [0.15, 0.2) is 8.32 Å². The number of ether oxygens (including phenoxy) is 2. The van der Waals surface area contributed by atoms with Gasteiger partial charge in [-0.2, -0.15) is 13.2 Å². The monoisotopic (exact) mass is 490 g/mol. The zero-order valence-corrected chi connectivity index (χ0v) is 20.4. The Labute approximate surface area is 192 Å². The third-order valence-corrected chi connectivity index (χ3v) is 10.8. The van der Waals surface area contributed by atoms with Crippen molar-refractivity contribution in [1.29, 1.82) is 0 Å². The molecular weight excluding hydrogens is 457 g/mol. The first-order chi connectivity index (χ1) is 15.6. The summed E-state index contributed by atoms with van der Waals surface area (Å²) in [6.45, 7) is 6.57. The van der Waals surface area contributed by atoms with Crippen molar-refractivity contribution in [3.63, 3.8) is 0 Å². The summed E-state index contributed by atoms with van der Waals surface area (Å²) in [5.74, 6) is 2.38. The van der Waals surface area contributed by atoms with Crippen LogP contribution >= 0.6 is 0 Å². The van der Waals surface area contributed by atoms with Crippen molar-refractivity contribution in [1.82, 2.24) is 9.55 Å². The molecule has 0 bridgehead atoms. The number of hydrogen-bond acceptors (Lipinski definition) is 5. The first kappa shape index (κ1) is 27.4. The molecule has 2 rings (SSSR count). The molecule has 1 fully saturated rings. The Hall–Kier alpha value is -1.87. The lowest BCUT2D eigenvalue weighted by Crippen LogP contribution is -2.42. The highest BCUT2D eigenvalue weighted by Gasteiger charge is 2.42. The van der Waals surface area contributed by atoms with Crippen LogP contribution in [0, 0.1) is 12.3 Å². The molecule has 3 atom stereocenters. The molecule has 1 aromatic heterocycles. The van der Waals surface area contributed by atoms with Crippen LogP contribution in [-0.2, 0) is 20.1 Å². The molecule has 0 spiro atoms. The van der Waals surface area contributed by atoms with Crippen molar-refractivity contribution in [3.05, 3.63) is 32.6 Å². The molecule has 0 aliphatic carbocycles. The van der Waals surface area contributed by atoms with Gasteiger partial charge in [-0.1, -0.05) is 46.0 Å². The van der Waals surface area contributed by atoms with Gasteiger partial charge in [0.2, 0.25) is 0 Å². The molecule has 1 aliphatic heterocycles. The van der Waals surface area contributed by atoms with Crippen LogP contribution in [0.15, 0.2) is 15.8 Å². The Morgan fingerprint density at radius 3 is 2.33 bits per heavy atom. The fourth-order valence-electron chi connectivity index (χ4n) is 4.47. The molecule has 1 aromatic rings. The average Bonchev–Trinajstić information content (AvgIpc) is 3.13. The lowest BCUT2D eigenvalue weighted by molar-refractivity contribution is -0.139. The normalized spacial score (nSPS) is 21.3. The van der Waals surface area contributed by atoms with Crippen molar-refractivity contribution in [2.75, 3.05) is 13.2 Å². The number of hydrogen-bond donors (Lipinski definition) is 1. The number of aromatic amines is 1. The van der Waals surface area contributed by atoms with E-state index in [2.05, 4.69) is 26.7 Å². The minimum atomic E-state index is -4.91. The fraction of sp³-hybridized carbons (Fsp3) is 0.727. The number of nitrogens with one attached hydrogen (secondary N) is 1. The van der Waals surface area contributed by atoms with Crippen molar-refractivity contribution in [3.8, 4) is 12.3 Å². The summed E-state index contributed by atoms with van der Waals surface area (Å²) in [4.78, 5) is 25.6. The van der Waals surface area contributed by atoms with Crippen LogP contribution < -0.4 is 11.2 Å². The molecule has 33 heavy (non-hydrogen) atoms. The largest absolute Gasteiger partial charge is 0.423 e. The topological polar surface area (TPSA) is 82.6 Å². The molecule has 0 amide bonds. The van der Waals surface area contributed by atoms with Gasteiger partial charge >= 0.3 is 11.9 Å². The Morgan fingerprint density at radius 2 is 1.82 bits per heavy atom. The Kier molecular flexibility index (Phi) is 9.96. The summed E-state index contributed by atoms with van der Waals surface area (Å²) in [5.41, 5.74) is -3.94. The minimum absolute atomic E-state index is 0.00692. The van der Waals surface area contributed by atoms with Gasteiger partial charge in [0.1, 0.15) is 24.5 Å². The number of H-pyrrole nitrogens is 1. The van der Waals surface area contributed by atoms with Crippen LogP contribution in [0.2, 0.25) is 18.1 Å². The maximum absolute atomic E-state index is 13.2. The molecule has 2 heterocycles. The standard InChI is InChI=1S/C22H33F3N2O5Si/c1-5-9-30-17-13-19(27-14-16(22(23,24)25)20(28)26-21(27)29)32-18(17)15-31-33(10-6-2,11-7-3)12-8-4/h1,14,17-19H,6-13,15H2,2-4H3,(H,26,28,29)/t17-,18+,19+/m0/s1. The molecule has 0 radical (unpaired) electrons. The fourth-order valence-corrected chi connectivity index (χ4v) is 8.90. The Balaban J connectivity index is 2.29. The van der Waals surface area contributed by atoms with Crippen LogP contribution in [0.4, 0.5) is 13.2 Å². The molecular formula is C22H33F3N2O5Si. The van der Waals surface area contributed by atoms with E-state index in [1.165, 1.54) is 0 Å². The van der Waals surface area contributed by atoms with E-state index in [1.807, 2.05) is 0 Å². The van der Waals surface area contributed by atoms with E-state index in [-0.39, 0.29) is 19.6 Å². The van der Waals surface area contributed by atoms with E-state index in [1.54, 1.807) is 4.98 Å². The molecule has 0 aromatic carbocycles. The first-order valence-electron chi connectivity index (χ1n) is 11.4. The summed E-state index contributed by atoms with van der Waals surface area (Å²) < 4.78 is 58.5. The zero-order chi connectivity index (χ0) is 24.6. The second kappa shape index (κ2) is 12.0. The van der Waals surface area contributed by atoms with Gasteiger partial charge in [-0.15, -0.1) is 6.42 Å². The average molecular weight is 491 g/mol. The maximum Gasteiger partial charge on any atom is 0.423 e. The van der Waals surface area contributed by atoms with Crippen LogP contribution in [0.5, 0.6) is 0 Å². The van der Waals surface area contributed by atoms with Crippen molar-refractivity contribution >= 4 is 8.32 Å². The number of halogens is 3. The predicted molar refractivity (Wildman–Crippen MR) is 120 cm³/mol. The SMILES string of the molecule is C#CCO[C@H]1C[C@H](n2cc(C(F)(F)F)c(=O)[nH]c2=O)O[C@@H]1CO[Si](CCC)(CCC)CCC. The van der Waals surface area contributed by atoms with Gasteiger partial charge in [-0.25, -0.2) is 4.79 Å². The number of nitrogens with zero attached hydrogens (tertiary/aromatic N) is 1. The quantitative estimate of drug-likeness (QED) is 0.353. The molecule has 1 saturated heterocycles. The molecule has 0 unspecified atom stereocenters. The van der Waals surface area contributed by atoms with Crippen molar-refractivity contribution in [2.45, 2.75) is 89.2 Å². The second-order valence-corrected chi connectivity index (χ2v) is 12.5. The third kappa shape index (κ3) is 7.05. The van der Waals surface area contributed by atoms with E-state index in [0.29, 0.717) is 6.20 Å². The number of rotatable bonds is 12. The van der Waals surface area contributed by atoms with Crippen molar-refractivity contribution < 1.29 is 27.1 Å². The molecule has 7 nitrogen and oxygen atoms in total. The smallest absolute Gasteiger partial charge is 0.414 e. The van der Waals surface area contributed by atoms with Gasteiger partial charge in [0.05, 0.1) is 12.7 Å². The van der Waals surface area contributed by atoms with Crippen LogP contribution in [0.25, 0.3) is 0 Å². The van der Waals surface area contributed by atoms with Crippen LogP contribution in [0.3, 0.4) is 0 Å². The second-order valence-electron chi connectivity index (χ2n) is 8.37. The molecule has 11 heteroatoms. The summed E-state index contributed by atoms with van der Waals surface area (Å²) >= 11 is 0. The summed E-state index contributed by atoms with van der Waals surface area (Å²) in [6, 6.07) is 3.03. The highest BCUT2D eigenvalue weighted by atomic mass is 28.4. The highest BCUT2D eigenvalue weighted by Crippen LogP contribution is 2.34. The van der Waals surface area contributed by atoms with Gasteiger partial charge < -0.3 is 13.9 Å². The first-order valence-corrected chi connectivity index (χ1v) is 13.9. The Morgan fingerprint density at radius 1 is 1.21 bits per heavy atom. The summed E-state index contributed by atoms with van der Waals surface area (Å²) in [5, 5.41) is 0. The van der Waals surface area contributed by atoms with Gasteiger partial charge in [-0.05, 0) is 18.1 Å². The molecule has 1 aliphatic rings. The van der Waals surface area contributed by atoms with E-state index in [4.69, 9.17) is 20.3 Å². The van der Waals surface area contributed by atoms with E-state index in [0.717, 1.165) is 42.0 Å². The van der Waals surface area contributed by atoms with E-state index < -0.39 is 49.7 Å². The van der Waals surface area contributed by atoms with Crippen LogP contribution in [0.1, 0.15) is 58.2 Å². The maximum atomic E-state index is 13.2. The number of terminal acetylenes is 1. The van der Waals surface area contributed by atoms with Gasteiger partial charge in [0, 0.05) is 12.6 Å². The van der Waals surface area contributed by atoms with E-state index >= 15 is 0 Å². The zero-order valence-electron chi connectivity index (χ0n) is 19.4. The molecule has 1 N–H and O–H groups in total. The third-order valence-electron chi connectivity index (χ3n) is 5.82. The van der Waals surface area contributed by atoms with Crippen molar-refractivity contribution in [2.24, 2.45) is 0 Å². The van der Waals surface area contributed by atoms with Gasteiger partial charge in [0.25, 0.3) is 5.56 Å². The van der Waals surface area contributed by atoms with Gasteiger partial charge in [-0.3, -0.25) is 14.3 Å². The van der Waals surface area contributed by atoms with E-state index in [9.17, 15) is 22.8 Å². The van der Waals surface area contributed by atoms with Crippen LogP contribution in [-0.4, -0.2) is 43.3 Å². The highest BCUT2D eigenvalue weighted by molar-refractivity contribution is 6.73. The Bertz CT molecular complexity index is 907. The molecule has 0 saturated carbocycles. The summed E-state index contributed by atoms with van der Waals surface area (Å²) in [6.07, 6.45) is 1.80. The number of alkyl halides is 3. The molecule has 186 valence electrons. The minimum Gasteiger partial charge on any atom is -0.414 e.